The summed E-state index contributed by atoms with van der Waals surface area (Å²) in [6, 6.07) is 13.8. The highest BCUT2D eigenvalue weighted by Crippen LogP contribution is 2.36. The quantitative estimate of drug-likeness (QED) is 0.904. The maximum Gasteiger partial charge on any atom is 0.232 e. The SMILES string of the molecule is CCOc1ccc(Br)c(CC2C(=O)Nc3ccccc32)c1. The van der Waals surface area contributed by atoms with E-state index in [0.717, 1.165) is 27.0 Å². The van der Waals surface area contributed by atoms with Gasteiger partial charge in [-0.15, -0.1) is 0 Å². The van der Waals surface area contributed by atoms with E-state index < -0.39 is 0 Å². The molecule has 1 heterocycles. The zero-order chi connectivity index (χ0) is 14.8. The molecular formula is C17H16BrNO2. The highest BCUT2D eigenvalue weighted by atomic mass is 79.9. The largest absolute Gasteiger partial charge is 0.494 e. The molecule has 1 atom stereocenters. The average Bonchev–Trinajstić information content (AvgIpc) is 2.79. The molecule has 0 aromatic heterocycles. The van der Waals surface area contributed by atoms with Crippen LogP contribution in [-0.4, -0.2) is 12.5 Å². The number of benzene rings is 2. The zero-order valence-electron chi connectivity index (χ0n) is 11.7. The van der Waals surface area contributed by atoms with E-state index in [1.54, 1.807) is 0 Å². The lowest BCUT2D eigenvalue weighted by molar-refractivity contribution is -0.117. The van der Waals surface area contributed by atoms with Crippen molar-refractivity contribution in [3.8, 4) is 5.75 Å². The van der Waals surface area contributed by atoms with Crippen molar-refractivity contribution < 1.29 is 9.53 Å². The van der Waals surface area contributed by atoms with Crippen LogP contribution in [0.25, 0.3) is 0 Å². The molecule has 1 N–H and O–H groups in total. The number of hydrogen-bond acceptors (Lipinski definition) is 2. The number of hydrogen-bond donors (Lipinski definition) is 1. The van der Waals surface area contributed by atoms with Crippen LogP contribution < -0.4 is 10.1 Å². The lowest BCUT2D eigenvalue weighted by Crippen LogP contribution is -2.14. The molecule has 0 bridgehead atoms. The Morgan fingerprint density at radius 3 is 2.86 bits per heavy atom. The van der Waals surface area contributed by atoms with Crippen LogP contribution in [0.1, 0.15) is 24.0 Å². The van der Waals surface area contributed by atoms with Crippen LogP contribution in [0.4, 0.5) is 5.69 Å². The van der Waals surface area contributed by atoms with E-state index in [0.29, 0.717) is 13.0 Å². The molecule has 2 aromatic carbocycles. The van der Waals surface area contributed by atoms with Gasteiger partial charge >= 0.3 is 0 Å². The Labute approximate surface area is 132 Å². The fourth-order valence-corrected chi connectivity index (χ4v) is 3.07. The van der Waals surface area contributed by atoms with Gasteiger partial charge in [0, 0.05) is 10.2 Å². The van der Waals surface area contributed by atoms with Crippen LogP contribution in [0.3, 0.4) is 0 Å². The number of carbonyl (C=O) groups is 1. The number of fused-ring (bicyclic) bond motifs is 1. The first-order valence-electron chi connectivity index (χ1n) is 7.00. The molecule has 1 unspecified atom stereocenters. The summed E-state index contributed by atoms with van der Waals surface area (Å²) in [6.07, 6.45) is 0.657. The third-order valence-electron chi connectivity index (χ3n) is 3.66. The third-order valence-corrected chi connectivity index (χ3v) is 4.44. The molecule has 0 saturated carbocycles. The number of amides is 1. The standard InChI is InChI=1S/C17H16BrNO2/c1-2-21-12-7-8-15(18)11(9-12)10-14-13-5-3-4-6-16(13)19-17(14)20/h3-9,14H,2,10H2,1H3,(H,19,20). The van der Waals surface area contributed by atoms with E-state index in [2.05, 4.69) is 21.2 Å². The Bertz CT molecular complexity index is 684. The van der Waals surface area contributed by atoms with Crippen molar-refractivity contribution in [2.75, 3.05) is 11.9 Å². The molecular weight excluding hydrogens is 330 g/mol. The predicted molar refractivity (Wildman–Crippen MR) is 86.8 cm³/mol. The molecule has 1 aliphatic rings. The van der Waals surface area contributed by atoms with Gasteiger partial charge in [-0.05, 0) is 48.7 Å². The molecule has 108 valence electrons. The van der Waals surface area contributed by atoms with Gasteiger partial charge in [0.25, 0.3) is 0 Å². The van der Waals surface area contributed by atoms with Crippen molar-refractivity contribution in [1.82, 2.24) is 0 Å². The van der Waals surface area contributed by atoms with E-state index in [-0.39, 0.29) is 11.8 Å². The minimum absolute atomic E-state index is 0.0601. The summed E-state index contributed by atoms with van der Waals surface area (Å²) in [5, 5.41) is 2.94. The van der Waals surface area contributed by atoms with E-state index in [1.807, 2.05) is 49.4 Å². The number of nitrogens with one attached hydrogen (secondary N) is 1. The highest BCUT2D eigenvalue weighted by Gasteiger charge is 2.30. The van der Waals surface area contributed by atoms with Gasteiger partial charge in [0.1, 0.15) is 5.75 Å². The smallest absolute Gasteiger partial charge is 0.232 e. The number of ether oxygens (including phenoxy) is 1. The van der Waals surface area contributed by atoms with E-state index in [4.69, 9.17) is 4.74 Å². The second-order valence-electron chi connectivity index (χ2n) is 5.02. The molecule has 0 radical (unpaired) electrons. The Morgan fingerprint density at radius 1 is 1.24 bits per heavy atom. The van der Waals surface area contributed by atoms with Crippen molar-refractivity contribution >= 4 is 27.5 Å². The minimum Gasteiger partial charge on any atom is -0.494 e. The zero-order valence-corrected chi connectivity index (χ0v) is 13.3. The first kappa shape index (κ1) is 14.1. The summed E-state index contributed by atoms with van der Waals surface area (Å²) in [6.45, 7) is 2.59. The number of carbonyl (C=O) groups excluding carboxylic acids is 1. The maximum absolute atomic E-state index is 12.2. The topological polar surface area (TPSA) is 38.3 Å². The van der Waals surface area contributed by atoms with E-state index in [1.165, 1.54) is 0 Å². The molecule has 0 fully saturated rings. The fraction of sp³-hybridized carbons (Fsp3) is 0.235. The van der Waals surface area contributed by atoms with Crippen molar-refractivity contribution in [2.45, 2.75) is 19.3 Å². The lowest BCUT2D eigenvalue weighted by atomic mass is 9.93. The summed E-state index contributed by atoms with van der Waals surface area (Å²) in [5.41, 5.74) is 3.07. The third kappa shape index (κ3) is 2.81. The number of rotatable bonds is 4. The monoisotopic (exact) mass is 345 g/mol. The molecule has 21 heavy (non-hydrogen) atoms. The van der Waals surface area contributed by atoms with Gasteiger partial charge in [0.05, 0.1) is 12.5 Å². The number of anilines is 1. The van der Waals surface area contributed by atoms with Crippen molar-refractivity contribution in [2.24, 2.45) is 0 Å². The van der Waals surface area contributed by atoms with Gasteiger partial charge in [0.15, 0.2) is 0 Å². The Hall–Kier alpha value is -1.81. The summed E-state index contributed by atoms with van der Waals surface area (Å²) in [5.74, 6) is 0.752. The molecule has 0 saturated heterocycles. The van der Waals surface area contributed by atoms with Gasteiger partial charge < -0.3 is 10.1 Å². The molecule has 4 heteroatoms. The van der Waals surface area contributed by atoms with Crippen molar-refractivity contribution in [3.05, 3.63) is 58.1 Å². The van der Waals surface area contributed by atoms with Crippen LogP contribution in [0.15, 0.2) is 46.9 Å². The summed E-state index contributed by atoms with van der Waals surface area (Å²) in [7, 11) is 0. The lowest BCUT2D eigenvalue weighted by Gasteiger charge is -2.12. The van der Waals surface area contributed by atoms with Gasteiger partial charge in [-0.1, -0.05) is 34.1 Å². The van der Waals surface area contributed by atoms with Crippen LogP contribution >= 0.6 is 15.9 Å². The molecule has 1 aliphatic heterocycles. The molecule has 2 aromatic rings. The fourth-order valence-electron chi connectivity index (χ4n) is 2.66. The Morgan fingerprint density at radius 2 is 2.05 bits per heavy atom. The Kier molecular flexibility index (Phi) is 3.97. The maximum atomic E-state index is 12.2. The Balaban J connectivity index is 1.90. The molecule has 0 aliphatic carbocycles. The van der Waals surface area contributed by atoms with E-state index >= 15 is 0 Å². The molecule has 3 nitrogen and oxygen atoms in total. The number of para-hydroxylation sites is 1. The van der Waals surface area contributed by atoms with Crippen molar-refractivity contribution in [3.63, 3.8) is 0 Å². The number of halogens is 1. The first-order chi connectivity index (χ1) is 10.2. The molecule has 3 rings (SSSR count). The van der Waals surface area contributed by atoms with Gasteiger partial charge in [0.2, 0.25) is 5.91 Å². The van der Waals surface area contributed by atoms with Crippen LogP contribution in [-0.2, 0) is 11.2 Å². The molecule has 1 amide bonds. The average molecular weight is 346 g/mol. The highest BCUT2D eigenvalue weighted by molar-refractivity contribution is 9.10. The van der Waals surface area contributed by atoms with Gasteiger partial charge in [-0.2, -0.15) is 0 Å². The van der Waals surface area contributed by atoms with Crippen molar-refractivity contribution in [1.29, 1.82) is 0 Å². The van der Waals surface area contributed by atoms with E-state index in [9.17, 15) is 4.79 Å². The summed E-state index contributed by atoms with van der Waals surface area (Å²) < 4.78 is 6.54. The second kappa shape index (κ2) is 5.90. The van der Waals surface area contributed by atoms with Crippen LogP contribution in [0.5, 0.6) is 5.75 Å². The van der Waals surface area contributed by atoms with Crippen LogP contribution in [0.2, 0.25) is 0 Å². The van der Waals surface area contributed by atoms with Crippen LogP contribution in [0, 0.1) is 0 Å². The normalized spacial score (nSPS) is 16.5. The summed E-state index contributed by atoms with van der Waals surface area (Å²) in [4.78, 5) is 12.2. The predicted octanol–water partition coefficient (Wildman–Crippen LogP) is 4.13. The second-order valence-corrected chi connectivity index (χ2v) is 5.87. The summed E-state index contributed by atoms with van der Waals surface area (Å²) >= 11 is 3.56. The van der Waals surface area contributed by atoms with Gasteiger partial charge in [-0.3, -0.25) is 4.79 Å². The first-order valence-corrected chi connectivity index (χ1v) is 7.79. The molecule has 0 spiro atoms. The van der Waals surface area contributed by atoms with Gasteiger partial charge in [-0.25, -0.2) is 0 Å². The minimum atomic E-state index is -0.144.